The van der Waals surface area contributed by atoms with Crippen LogP contribution in [0.1, 0.15) is 48.8 Å². The van der Waals surface area contributed by atoms with E-state index in [0.717, 1.165) is 28.6 Å². The molecule has 2 aromatic rings. The third-order valence-corrected chi connectivity index (χ3v) is 4.71. The Labute approximate surface area is 129 Å². The second-order valence-corrected chi connectivity index (χ2v) is 7.00. The average molecular weight is 305 g/mol. The van der Waals surface area contributed by atoms with Gasteiger partial charge in [0.25, 0.3) is 5.91 Å². The number of nitrogens with two attached hydrogens (primary N) is 1. The number of carbonyl (C=O) groups is 1. The highest BCUT2D eigenvalue weighted by atomic mass is 32.1. The van der Waals surface area contributed by atoms with Crippen molar-refractivity contribution in [1.29, 1.82) is 0 Å². The number of carbonyl (C=O) groups excluding carboxylic acids is 1. The third-order valence-electron chi connectivity index (χ3n) is 3.60. The zero-order valence-electron chi connectivity index (χ0n) is 13.1. The number of hydrogen-bond acceptors (Lipinski definition) is 4. The molecule has 114 valence electrons. The van der Waals surface area contributed by atoms with Gasteiger partial charge >= 0.3 is 0 Å². The van der Waals surface area contributed by atoms with Crippen molar-refractivity contribution in [3.8, 4) is 0 Å². The minimum atomic E-state index is -0.0915. The molecule has 1 atom stereocenters. The predicted octanol–water partition coefficient (Wildman–Crippen LogP) is 3.74. The lowest BCUT2D eigenvalue weighted by Crippen LogP contribution is -2.32. The van der Waals surface area contributed by atoms with Crippen molar-refractivity contribution < 1.29 is 4.79 Å². The Balaban J connectivity index is 2.16. The topological polar surface area (TPSA) is 68.0 Å². The molecule has 2 heterocycles. The van der Waals surface area contributed by atoms with E-state index in [4.69, 9.17) is 5.73 Å². The first-order valence-corrected chi connectivity index (χ1v) is 8.16. The first-order chi connectivity index (χ1) is 9.90. The summed E-state index contributed by atoms with van der Waals surface area (Å²) in [5.41, 5.74) is 7.75. The highest BCUT2D eigenvalue weighted by Crippen LogP contribution is 2.34. The highest BCUT2D eigenvalue weighted by Gasteiger charge is 2.19. The smallest absolute Gasteiger partial charge is 0.263 e. The van der Waals surface area contributed by atoms with Gasteiger partial charge < -0.3 is 11.1 Å². The average Bonchev–Trinajstić information content (AvgIpc) is 2.75. The maximum absolute atomic E-state index is 12.4. The van der Waals surface area contributed by atoms with E-state index in [1.807, 2.05) is 19.9 Å². The van der Waals surface area contributed by atoms with Crippen molar-refractivity contribution in [2.45, 2.75) is 46.6 Å². The van der Waals surface area contributed by atoms with Gasteiger partial charge in [-0.15, -0.1) is 11.3 Å². The summed E-state index contributed by atoms with van der Waals surface area (Å²) in [6, 6.07) is 2.07. The Kier molecular flexibility index (Phi) is 4.83. The molecule has 0 spiro atoms. The van der Waals surface area contributed by atoms with Gasteiger partial charge in [-0.2, -0.15) is 0 Å². The number of hydrogen-bond donors (Lipinski definition) is 2. The number of aryl methyl sites for hydroxylation is 1. The van der Waals surface area contributed by atoms with Gasteiger partial charge in [-0.1, -0.05) is 13.8 Å². The molecule has 0 radical (unpaired) electrons. The molecule has 0 aliphatic carbocycles. The SMILES string of the molecule is Cc1ccnc2sc(C(=O)NC(C)CCC(C)C)c(N)c12. The fourth-order valence-electron chi connectivity index (χ4n) is 2.32. The first kappa shape index (κ1) is 15.8. The van der Waals surface area contributed by atoms with Crippen LogP contribution in [0.25, 0.3) is 10.2 Å². The van der Waals surface area contributed by atoms with Gasteiger partial charge in [-0.3, -0.25) is 4.79 Å². The summed E-state index contributed by atoms with van der Waals surface area (Å²) in [5, 5.41) is 3.94. The molecule has 0 bridgehead atoms. The lowest BCUT2D eigenvalue weighted by Gasteiger charge is -2.14. The maximum atomic E-state index is 12.4. The first-order valence-electron chi connectivity index (χ1n) is 7.34. The molecular weight excluding hydrogens is 282 g/mol. The second kappa shape index (κ2) is 6.43. The Morgan fingerprint density at radius 1 is 1.38 bits per heavy atom. The quantitative estimate of drug-likeness (QED) is 0.884. The summed E-state index contributed by atoms with van der Waals surface area (Å²) in [4.78, 5) is 18.1. The number of thiophene rings is 1. The number of fused-ring (bicyclic) bond motifs is 1. The van der Waals surface area contributed by atoms with Crippen LogP contribution >= 0.6 is 11.3 Å². The molecular formula is C16H23N3OS. The van der Waals surface area contributed by atoms with Crippen LogP contribution in [0.3, 0.4) is 0 Å². The largest absolute Gasteiger partial charge is 0.397 e. The van der Waals surface area contributed by atoms with E-state index in [1.54, 1.807) is 6.20 Å². The molecule has 0 aromatic carbocycles. The van der Waals surface area contributed by atoms with Gasteiger partial charge in [0.1, 0.15) is 9.71 Å². The monoisotopic (exact) mass is 305 g/mol. The zero-order valence-corrected chi connectivity index (χ0v) is 13.9. The van der Waals surface area contributed by atoms with Crippen LogP contribution in [0.4, 0.5) is 5.69 Å². The standard InChI is InChI=1S/C16H23N3OS/c1-9(2)5-6-11(4)19-15(20)14-13(17)12-10(3)7-8-18-16(12)21-14/h7-9,11H,5-6,17H2,1-4H3,(H,19,20). The van der Waals surface area contributed by atoms with E-state index in [1.165, 1.54) is 11.3 Å². The Morgan fingerprint density at radius 3 is 2.71 bits per heavy atom. The van der Waals surface area contributed by atoms with Crippen LogP contribution in [0.15, 0.2) is 12.3 Å². The van der Waals surface area contributed by atoms with Crippen LogP contribution in [0.5, 0.6) is 0 Å². The molecule has 1 amide bonds. The van der Waals surface area contributed by atoms with Crippen molar-refractivity contribution in [1.82, 2.24) is 10.3 Å². The van der Waals surface area contributed by atoms with Crippen LogP contribution < -0.4 is 11.1 Å². The molecule has 21 heavy (non-hydrogen) atoms. The molecule has 0 aliphatic heterocycles. The number of anilines is 1. The summed E-state index contributed by atoms with van der Waals surface area (Å²) in [7, 11) is 0. The fraction of sp³-hybridized carbons (Fsp3) is 0.500. The lowest BCUT2D eigenvalue weighted by molar-refractivity contribution is 0.0942. The van der Waals surface area contributed by atoms with Crippen molar-refractivity contribution in [2.75, 3.05) is 5.73 Å². The summed E-state index contributed by atoms with van der Waals surface area (Å²) in [6.07, 6.45) is 3.83. The van der Waals surface area contributed by atoms with E-state index in [-0.39, 0.29) is 11.9 Å². The number of rotatable bonds is 5. The lowest BCUT2D eigenvalue weighted by atomic mass is 10.0. The highest BCUT2D eigenvalue weighted by molar-refractivity contribution is 7.21. The number of nitrogen functional groups attached to an aromatic ring is 1. The predicted molar refractivity (Wildman–Crippen MR) is 89.8 cm³/mol. The van der Waals surface area contributed by atoms with Crippen LogP contribution in [0, 0.1) is 12.8 Å². The number of nitrogens with one attached hydrogen (secondary N) is 1. The molecule has 2 rings (SSSR count). The van der Waals surface area contributed by atoms with E-state index in [2.05, 4.69) is 24.1 Å². The normalized spacial score (nSPS) is 12.8. The molecule has 0 saturated carbocycles. The summed E-state index contributed by atoms with van der Waals surface area (Å²) < 4.78 is 0. The van der Waals surface area contributed by atoms with Crippen LogP contribution in [-0.2, 0) is 0 Å². The van der Waals surface area contributed by atoms with Crippen molar-refractivity contribution in [3.63, 3.8) is 0 Å². The summed E-state index contributed by atoms with van der Waals surface area (Å²) in [6.45, 7) is 8.40. The molecule has 0 fully saturated rings. The fourth-order valence-corrected chi connectivity index (χ4v) is 3.36. The van der Waals surface area contributed by atoms with Crippen LogP contribution in [-0.4, -0.2) is 16.9 Å². The summed E-state index contributed by atoms with van der Waals surface area (Å²) in [5.74, 6) is 0.553. The number of aromatic nitrogens is 1. The van der Waals surface area contributed by atoms with Gasteiger partial charge in [0.05, 0.1) is 5.69 Å². The molecule has 4 nitrogen and oxygen atoms in total. The second-order valence-electron chi connectivity index (χ2n) is 6.00. The van der Waals surface area contributed by atoms with Crippen molar-refractivity contribution >= 4 is 33.1 Å². The van der Waals surface area contributed by atoms with E-state index in [0.29, 0.717) is 16.5 Å². The van der Waals surface area contributed by atoms with Gasteiger partial charge in [-0.25, -0.2) is 4.98 Å². The number of pyridine rings is 1. The molecule has 3 N–H and O–H groups in total. The van der Waals surface area contributed by atoms with Crippen molar-refractivity contribution in [2.24, 2.45) is 5.92 Å². The molecule has 5 heteroatoms. The molecule has 1 unspecified atom stereocenters. The molecule has 2 aromatic heterocycles. The van der Waals surface area contributed by atoms with Gasteiger partial charge in [0.15, 0.2) is 0 Å². The summed E-state index contributed by atoms with van der Waals surface area (Å²) >= 11 is 1.36. The molecule has 0 saturated heterocycles. The minimum Gasteiger partial charge on any atom is -0.397 e. The van der Waals surface area contributed by atoms with Crippen LogP contribution in [0.2, 0.25) is 0 Å². The maximum Gasteiger partial charge on any atom is 0.263 e. The number of nitrogens with zero attached hydrogens (tertiary/aromatic N) is 1. The van der Waals surface area contributed by atoms with Gasteiger partial charge in [0, 0.05) is 17.6 Å². The van der Waals surface area contributed by atoms with Gasteiger partial charge in [-0.05, 0) is 44.2 Å². The Morgan fingerprint density at radius 2 is 2.10 bits per heavy atom. The van der Waals surface area contributed by atoms with E-state index in [9.17, 15) is 4.79 Å². The third kappa shape index (κ3) is 3.53. The van der Waals surface area contributed by atoms with Crippen molar-refractivity contribution in [3.05, 3.63) is 22.7 Å². The number of amides is 1. The Hall–Kier alpha value is -1.62. The molecule has 0 aliphatic rings. The van der Waals surface area contributed by atoms with E-state index < -0.39 is 0 Å². The van der Waals surface area contributed by atoms with E-state index >= 15 is 0 Å². The Bertz CT molecular complexity index is 648. The minimum absolute atomic E-state index is 0.0915. The van der Waals surface area contributed by atoms with Gasteiger partial charge in [0.2, 0.25) is 0 Å². The zero-order chi connectivity index (χ0) is 15.6.